The second-order valence-electron chi connectivity index (χ2n) is 6.08. The van der Waals surface area contributed by atoms with Gasteiger partial charge in [-0.25, -0.2) is 9.97 Å². The van der Waals surface area contributed by atoms with Crippen molar-refractivity contribution < 1.29 is 0 Å². The van der Waals surface area contributed by atoms with Gasteiger partial charge < -0.3 is 10.2 Å². The van der Waals surface area contributed by atoms with Gasteiger partial charge in [-0.2, -0.15) is 0 Å². The summed E-state index contributed by atoms with van der Waals surface area (Å²) >= 11 is 0. The normalized spacial score (nSPS) is 16.8. The Morgan fingerprint density at radius 3 is 2.39 bits per heavy atom. The van der Waals surface area contributed by atoms with Crippen LogP contribution in [0.4, 0.5) is 11.6 Å². The van der Waals surface area contributed by atoms with Crippen molar-refractivity contribution in [1.82, 2.24) is 9.97 Å². The molecule has 0 spiro atoms. The Labute approximate surface area is 110 Å². The predicted octanol–water partition coefficient (Wildman–Crippen LogP) is 2.99. The van der Waals surface area contributed by atoms with Gasteiger partial charge >= 0.3 is 0 Å². The first kappa shape index (κ1) is 13.1. The number of anilines is 2. The van der Waals surface area contributed by atoms with E-state index in [9.17, 15) is 0 Å². The summed E-state index contributed by atoms with van der Waals surface area (Å²) in [6.45, 7) is 10.6. The monoisotopic (exact) mass is 248 g/mol. The molecule has 0 bridgehead atoms. The Kier molecular flexibility index (Phi) is 3.73. The first-order chi connectivity index (χ1) is 8.44. The van der Waals surface area contributed by atoms with Gasteiger partial charge in [-0.3, -0.25) is 0 Å². The molecule has 1 aromatic rings. The highest BCUT2D eigenvalue weighted by Gasteiger charge is 2.16. The number of aryl methyl sites for hydroxylation is 1. The van der Waals surface area contributed by atoms with E-state index in [-0.39, 0.29) is 5.54 Å². The van der Waals surface area contributed by atoms with Crippen molar-refractivity contribution in [1.29, 1.82) is 0 Å². The molecule has 0 atom stereocenters. The lowest BCUT2D eigenvalue weighted by Gasteiger charge is -2.29. The van der Waals surface area contributed by atoms with E-state index in [0.29, 0.717) is 0 Å². The molecule has 1 fully saturated rings. The third kappa shape index (κ3) is 3.59. The largest absolute Gasteiger partial charge is 0.365 e. The van der Waals surface area contributed by atoms with Crippen molar-refractivity contribution >= 4 is 11.6 Å². The van der Waals surface area contributed by atoms with Crippen molar-refractivity contribution in [2.75, 3.05) is 23.3 Å². The molecule has 0 aliphatic carbocycles. The molecular formula is C14H24N4. The van der Waals surface area contributed by atoms with E-state index in [1.54, 1.807) is 0 Å². The van der Waals surface area contributed by atoms with E-state index in [1.165, 1.54) is 19.3 Å². The van der Waals surface area contributed by atoms with Gasteiger partial charge in [0.1, 0.15) is 17.5 Å². The molecule has 0 radical (unpaired) electrons. The summed E-state index contributed by atoms with van der Waals surface area (Å²) in [6.07, 6.45) is 3.88. The van der Waals surface area contributed by atoms with Crippen LogP contribution in [-0.4, -0.2) is 28.6 Å². The molecule has 4 nitrogen and oxygen atoms in total. The van der Waals surface area contributed by atoms with Gasteiger partial charge in [0.2, 0.25) is 0 Å². The molecule has 100 valence electrons. The molecule has 1 aliphatic rings. The highest BCUT2D eigenvalue weighted by molar-refractivity contribution is 5.50. The van der Waals surface area contributed by atoms with Crippen LogP contribution in [0.5, 0.6) is 0 Å². The Morgan fingerprint density at radius 2 is 1.78 bits per heavy atom. The van der Waals surface area contributed by atoms with Gasteiger partial charge in [0.15, 0.2) is 0 Å². The molecule has 0 saturated carbocycles. The van der Waals surface area contributed by atoms with E-state index >= 15 is 0 Å². The zero-order valence-electron chi connectivity index (χ0n) is 12.0. The number of piperidine rings is 1. The molecule has 2 rings (SSSR count). The molecule has 18 heavy (non-hydrogen) atoms. The van der Waals surface area contributed by atoms with Gasteiger partial charge in [-0.15, -0.1) is 0 Å². The fraction of sp³-hybridized carbons (Fsp3) is 0.714. The Bertz CT molecular complexity index is 403. The molecule has 1 aromatic heterocycles. The molecule has 0 aromatic carbocycles. The number of hydrogen-bond acceptors (Lipinski definition) is 4. The summed E-state index contributed by atoms with van der Waals surface area (Å²) in [6, 6.07) is 2.07. The number of rotatable bonds is 2. The minimum atomic E-state index is 0.0277. The first-order valence-electron chi connectivity index (χ1n) is 6.83. The van der Waals surface area contributed by atoms with Crippen molar-refractivity contribution in [3.8, 4) is 0 Å². The fourth-order valence-electron chi connectivity index (χ4n) is 2.29. The summed E-state index contributed by atoms with van der Waals surface area (Å²) in [4.78, 5) is 11.4. The van der Waals surface area contributed by atoms with Crippen molar-refractivity contribution in [3.63, 3.8) is 0 Å². The average molecular weight is 248 g/mol. The van der Waals surface area contributed by atoms with Gasteiger partial charge in [-0.1, -0.05) is 0 Å². The summed E-state index contributed by atoms with van der Waals surface area (Å²) in [5, 5.41) is 3.42. The molecule has 2 heterocycles. The molecule has 4 heteroatoms. The zero-order valence-corrected chi connectivity index (χ0v) is 12.0. The third-order valence-corrected chi connectivity index (χ3v) is 3.01. The Balaban J connectivity index is 2.20. The molecule has 1 N–H and O–H groups in total. The number of nitrogens with zero attached hydrogens (tertiary/aromatic N) is 3. The van der Waals surface area contributed by atoms with Crippen molar-refractivity contribution in [3.05, 3.63) is 11.9 Å². The average Bonchev–Trinajstić information content (AvgIpc) is 2.27. The van der Waals surface area contributed by atoms with Crippen LogP contribution in [-0.2, 0) is 0 Å². The number of aromatic nitrogens is 2. The predicted molar refractivity (Wildman–Crippen MR) is 76.2 cm³/mol. The van der Waals surface area contributed by atoms with E-state index in [2.05, 4.69) is 47.0 Å². The fourth-order valence-corrected chi connectivity index (χ4v) is 2.29. The Hall–Kier alpha value is -1.32. The van der Waals surface area contributed by atoms with Crippen LogP contribution in [0, 0.1) is 6.92 Å². The standard InChI is InChI=1S/C14H24N4/c1-11-15-12(17-14(2,3)4)10-13(16-11)18-8-6-5-7-9-18/h10H,5-9H2,1-4H3,(H,15,16,17). The minimum Gasteiger partial charge on any atom is -0.365 e. The van der Waals surface area contributed by atoms with Gasteiger partial charge in [0.25, 0.3) is 0 Å². The second kappa shape index (κ2) is 5.12. The van der Waals surface area contributed by atoms with Crippen LogP contribution >= 0.6 is 0 Å². The third-order valence-electron chi connectivity index (χ3n) is 3.01. The molecule has 1 saturated heterocycles. The topological polar surface area (TPSA) is 41.1 Å². The molecular weight excluding hydrogens is 224 g/mol. The van der Waals surface area contributed by atoms with Crippen LogP contribution < -0.4 is 10.2 Å². The summed E-state index contributed by atoms with van der Waals surface area (Å²) in [5.74, 6) is 2.83. The second-order valence-corrected chi connectivity index (χ2v) is 6.08. The quantitative estimate of drug-likeness (QED) is 0.873. The van der Waals surface area contributed by atoms with E-state index in [1.807, 2.05) is 6.92 Å². The Morgan fingerprint density at radius 1 is 1.11 bits per heavy atom. The summed E-state index contributed by atoms with van der Waals surface area (Å²) in [5.41, 5.74) is 0.0277. The van der Waals surface area contributed by atoms with Gasteiger partial charge in [0, 0.05) is 24.7 Å². The summed E-state index contributed by atoms with van der Waals surface area (Å²) < 4.78 is 0. The van der Waals surface area contributed by atoms with Crippen molar-refractivity contribution in [2.45, 2.75) is 52.5 Å². The lowest BCUT2D eigenvalue weighted by molar-refractivity contribution is 0.572. The lowest BCUT2D eigenvalue weighted by Crippen LogP contribution is -2.31. The lowest BCUT2D eigenvalue weighted by atomic mass is 10.1. The van der Waals surface area contributed by atoms with E-state index in [4.69, 9.17) is 0 Å². The van der Waals surface area contributed by atoms with Crippen molar-refractivity contribution in [2.24, 2.45) is 0 Å². The highest BCUT2D eigenvalue weighted by atomic mass is 15.2. The highest BCUT2D eigenvalue weighted by Crippen LogP contribution is 2.21. The molecule has 0 unspecified atom stereocenters. The smallest absolute Gasteiger partial charge is 0.134 e. The molecule has 0 amide bonds. The maximum atomic E-state index is 4.56. The van der Waals surface area contributed by atoms with E-state index < -0.39 is 0 Å². The molecule has 1 aliphatic heterocycles. The maximum Gasteiger partial charge on any atom is 0.134 e. The first-order valence-corrected chi connectivity index (χ1v) is 6.83. The van der Waals surface area contributed by atoms with Gasteiger partial charge in [0.05, 0.1) is 0 Å². The zero-order chi connectivity index (χ0) is 13.2. The van der Waals surface area contributed by atoms with Gasteiger partial charge in [-0.05, 0) is 47.0 Å². The maximum absolute atomic E-state index is 4.56. The van der Waals surface area contributed by atoms with Crippen LogP contribution in [0.15, 0.2) is 6.07 Å². The SMILES string of the molecule is Cc1nc(NC(C)(C)C)cc(N2CCCCC2)n1. The van der Waals surface area contributed by atoms with Crippen LogP contribution in [0.25, 0.3) is 0 Å². The number of nitrogens with one attached hydrogen (secondary N) is 1. The van der Waals surface area contributed by atoms with Crippen LogP contribution in [0.2, 0.25) is 0 Å². The number of hydrogen-bond donors (Lipinski definition) is 1. The van der Waals surface area contributed by atoms with Crippen LogP contribution in [0.1, 0.15) is 45.9 Å². The minimum absolute atomic E-state index is 0.0277. The van der Waals surface area contributed by atoms with Crippen LogP contribution in [0.3, 0.4) is 0 Å². The van der Waals surface area contributed by atoms with E-state index in [0.717, 1.165) is 30.5 Å². The summed E-state index contributed by atoms with van der Waals surface area (Å²) in [7, 11) is 0.